The maximum atomic E-state index is 12.1. The van der Waals surface area contributed by atoms with Crippen molar-refractivity contribution in [3.05, 3.63) is 24.3 Å². The van der Waals surface area contributed by atoms with Crippen LogP contribution >= 0.6 is 11.8 Å². The van der Waals surface area contributed by atoms with Gasteiger partial charge in [0.2, 0.25) is 5.71 Å². The van der Waals surface area contributed by atoms with Crippen LogP contribution in [0, 0.1) is 22.7 Å². The highest BCUT2D eigenvalue weighted by Gasteiger charge is 2.18. The monoisotopic (exact) mass is 334 g/mol. The van der Waals surface area contributed by atoms with Crippen LogP contribution < -0.4 is 10.1 Å². The number of nitrogens with zero attached hydrogens (tertiary/aromatic N) is 4. The van der Waals surface area contributed by atoms with Crippen LogP contribution in [-0.2, 0) is 10.0 Å². The molecule has 0 aliphatic carbocycles. The average molecular weight is 334 g/mol. The molecular weight excluding hydrogens is 324 g/mol. The van der Waals surface area contributed by atoms with Crippen molar-refractivity contribution in [3.63, 3.8) is 0 Å². The Morgan fingerprint density at radius 1 is 1.27 bits per heavy atom. The second-order valence-corrected chi connectivity index (χ2v) is 6.73. The Kier molecular flexibility index (Phi) is 4.99. The van der Waals surface area contributed by atoms with Gasteiger partial charge in [0.05, 0.1) is 17.1 Å². The van der Waals surface area contributed by atoms with Gasteiger partial charge in [-0.15, -0.1) is 0 Å². The minimum absolute atomic E-state index is 0.0815. The largest absolute Gasteiger partial charge is 0.277 e. The summed E-state index contributed by atoms with van der Waals surface area (Å²) in [7, 11) is -3.67. The zero-order valence-corrected chi connectivity index (χ0v) is 12.8. The molecule has 2 rings (SSSR count). The summed E-state index contributed by atoms with van der Waals surface area (Å²) in [5.41, 5.74) is 2.63. The lowest BCUT2D eigenvalue weighted by molar-refractivity contribution is 0.593. The summed E-state index contributed by atoms with van der Waals surface area (Å²) in [4.78, 5) is 4.11. The third-order valence-electron chi connectivity index (χ3n) is 2.48. The highest BCUT2D eigenvalue weighted by molar-refractivity contribution is 8.15. The second kappa shape index (κ2) is 6.93. The van der Waals surface area contributed by atoms with Crippen LogP contribution in [0.25, 0.3) is 0 Å². The molecule has 10 heteroatoms. The number of sulfonamides is 1. The molecule has 0 saturated heterocycles. The summed E-state index contributed by atoms with van der Waals surface area (Å²) in [6.07, 6.45) is 0. The molecule has 0 bridgehead atoms. The molecule has 2 N–H and O–H groups in total. The number of amidine groups is 1. The number of thioether (sulfide) groups is 1. The van der Waals surface area contributed by atoms with Gasteiger partial charge >= 0.3 is 0 Å². The van der Waals surface area contributed by atoms with Gasteiger partial charge in [-0.1, -0.05) is 11.8 Å². The molecular formula is C12H10N6O2S2. The first-order valence-electron chi connectivity index (χ1n) is 5.99. The molecule has 0 saturated carbocycles. The first kappa shape index (κ1) is 15.8. The molecule has 0 atom stereocenters. The molecule has 0 unspecified atom stereocenters. The highest BCUT2D eigenvalue weighted by Crippen LogP contribution is 2.16. The van der Waals surface area contributed by atoms with Gasteiger partial charge in [-0.3, -0.25) is 15.1 Å². The van der Waals surface area contributed by atoms with Crippen molar-refractivity contribution >= 4 is 38.4 Å². The van der Waals surface area contributed by atoms with E-state index < -0.39 is 10.0 Å². The Balaban J connectivity index is 2.10. The van der Waals surface area contributed by atoms with E-state index in [4.69, 9.17) is 10.5 Å². The molecule has 0 fully saturated rings. The number of hydrogen-bond acceptors (Lipinski definition) is 8. The van der Waals surface area contributed by atoms with Crippen molar-refractivity contribution in [3.8, 4) is 12.1 Å². The molecule has 112 valence electrons. The Morgan fingerprint density at radius 2 is 1.95 bits per heavy atom. The number of rotatable bonds is 4. The normalized spacial score (nSPS) is 13.5. The van der Waals surface area contributed by atoms with Crippen LogP contribution in [0.4, 0.5) is 5.69 Å². The number of hydrogen-bond donors (Lipinski definition) is 2. The lowest BCUT2D eigenvalue weighted by atomic mass is 10.3. The van der Waals surface area contributed by atoms with E-state index in [2.05, 4.69) is 20.2 Å². The predicted octanol–water partition coefficient (Wildman–Crippen LogP) is 0.883. The molecule has 1 aliphatic rings. The van der Waals surface area contributed by atoms with Gasteiger partial charge in [-0.25, -0.2) is 8.42 Å². The Bertz CT molecular complexity index is 784. The SMILES string of the molecule is N#CC(C#N)=NNc1ccc(S(=O)(=O)NC2=NCCS2)cc1. The maximum Gasteiger partial charge on any atom is 0.263 e. The number of aliphatic imine (C=N–C) groups is 1. The lowest BCUT2D eigenvalue weighted by Gasteiger charge is -2.07. The lowest BCUT2D eigenvalue weighted by Crippen LogP contribution is -2.27. The molecule has 8 nitrogen and oxygen atoms in total. The van der Waals surface area contributed by atoms with Crippen LogP contribution in [0.15, 0.2) is 39.3 Å². The van der Waals surface area contributed by atoms with Gasteiger partial charge < -0.3 is 0 Å². The summed E-state index contributed by atoms with van der Waals surface area (Å²) in [5, 5.41) is 21.0. The molecule has 22 heavy (non-hydrogen) atoms. The summed E-state index contributed by atoms with van der Waals surface area (Å²) >= 11 is 1.35. The van der Waals surface area contributed by atoms with Crippen LogP contribution in [-0.4, -0.2) is 31.6 Å². The van der Waals surface area contributed by atoms with Crippen LogP contribution in [0.1, 0.15) is 0 Å². The number of hydrazone groups is 1. The van der Waals surface area contributed by atoms with Crippen LogP contribution in [0.5, 0.6) is 0 Å². The number of benzene rings is 1. The maximum absolute atomic E-state index is 12.1. The standard InChI is InChI=1S/C12H10N6O2S2/c13-7-10(8-14)17-16-9-1-3-11(4-2-9)22(19,20)18-12-15-5-6-21-12/h1-4,16H,5-6H2,(H,15,18). The van der Waals surface area contributed by atoms with Crippen LogP contribution in [0.2, 0.25) is 0 Å². The predicted molar refractivity (Wildman–Crippen MR) is 83.8 cm³/mol. The first-order valence-corrected chi connectivity index (χ1v) is 8.46. The number of nitrogens with one attached hydrogen (secondary N) is 2. The van der Waals surface area contributed by atoms with Gasteiger partial charge in [-0.05, 0) is 24.3 Å². The zero-order chi connectivity index (χ0) is 16.0. The Hall–Kier alpha value is -2.56. The van der Waals surface area contributed by atoms with Gasteiger partial charge in [0, 0.05) is 5.75 Å². The van der Waals surface area contributed by atoms with E-state index in [1.165, 1.54) is 36.0 Å². The summed E-state index contributed by atoms with van der Waals surface area (Å²) in [6, 6.07) is 8.94. The van der Waals surface area contributed by atoms with E-state index in [1.807, 2.05) is 0 Å². The fourth-order valence-electron chi connectivity index (χ4n) is 1.47. The fourth-order valence-corrected chi connectivity index (χ4v) is 3.50. The number of anilines is 1. The van der Waals surface area contributed by atoms with Gasteiger partial charge in [-0.2, -0.15) is 15.6 Å². The van der Waals surface area contributed by atoms with E-state index in [1.54, 1.807) is 12.1 Å². The fraction of sp³-hybridized carbons (Fsp3) is 0.167. The van der Waals surface area contributed by atoms with E-state index in [9.17, 15) is 8.42 Å². The Morgan fingerprint density at radius 3 is 2.50 bits per heavy atom. The zero-order valence-electron chi connectivity index (χ0n) is 11.1. The molecule has 0 radical (unpaired) electrons. The van der Waals surface area contributed by atoms with E-state index in [0.29, 0.717) is 17.4 Å². The molecule has 1 aromatic carbocycles. The van der Waals surface area contributed by atoms with Gasteiger partial charge in [0.1, 0.15) is 12.1 Å². The van der Waals surface area contributed by atoms with Crippen molar-refractivity contribution in [1.82, 2.24) is 4.72 Å². The molecule has 0 aromatic heterocycles. The van der Waals surface area contributed by atoms with Gasteiger partial charge in [0.25, 0.3) is 10.0 Å². The van der Waals surface area contributed by atoms with Crippen LogP contribution in [0.3, 0.4) is 0 Å². The van der Waals surface area contributed by atoms with E-state index in [0.717, 1.165) is 5.75 Å². The summed E-state index contributed by atoms with van der Waals surface area (Å²) in [6.45, 7) is 0.601. The van der Waals surface area contributed by atoms with E-state index in [-0.39, 0.29) is 10.6 Å². The average Bonchev–Trinajstić information content (AvgIpc) is 3.01. The molecule has 0 amide bonds. The van der Waals surface area contributed by atoms with Gasteiger partial charge in [0.15, 0.2) is 5.17 Å². The summed E-state index contributed by atoms with van der Waals surface area (Å²) in [5.74, 6) is 0.763. The van der Waals surface area contributed by atoms with Crippen molar-refractivity contribution < 1.29 is 8.42 Å². The highest BCUT2D eigenvalue weighted by atomic mass is 32.2. The van der Waals surface area contributed by atoms with Crippen molar-refractivity contribution in [1.29, 1.82) is 10.5 Å². The van der Waals surface area contributed by atoms with Crippen molar-refractivity contribution in [2.75, 3.05) is 17.7 Å². The summed E-state index contributed by atoms with van der Waals surface area (Å²) < 4.78 is 26.6. The Labute approximate surface area is 131 Å². The molecule has 1 heterocycles. The van der Waals surface area contributed by atoms with E-state index >= 15 is 0 Å². The molecule has 1 aromatic rings. The number of nitriles is 2. The minimum Gasteiger partial charge on any atom is -0.277 e. The molecule has 1 aliphatic heterocycles. The third-order valence-corrected chi connectivity index (χ3v) is 4.86. The smallest absolute Gasteiger partial charge is 0.263 e. The first-order chi connectivity index (χ1) is 10.5. The topological polar surface area (TPSA) is 130 Å². The van der Waals surface area contributed by atoms with Crippen molar-refractivity contribution in [2.45, 2.75) is 4.90 Å². The second-order valence-electron chi connectivity index (χ2n) is 3.96. The molecule has 0 spiro atoms. The third kappa shape index (κ3) is 3.97. The van der Waals surface area contributed by atoms with Crippen molar-refractivity contribution in [2.24, 2.45) is 10.1 Å². The minimum atomic E-state index is -3.67. The quantitative estimate of drug-likeness (QED) is 0.621.